The number of carbonyl (C=O) groups is 1. The van der Waals surface area contributed by atoms with Crippen molar-refractivity contribution in [3.63, 3.8) is 0 Å². The number of hydrogen-bond donors (Lipinski definition) is 0. The van der Waals surface area contributed by atoms with E-state index < -0.39 is 0 Å². The number of benzene rings is 1. The normalized spacial score (nSPS) is 29.7. The Morgan fingerprint density at radius 1 is 1.23 bits per heavy atom. The second-order valence-corrected chi connectivity index (χ2v) is 3.75. The maximum Gasteiger partial charge on any atom is 0.310 e. The molecule has 1 aliphatic carbocycles. The van der Waals surface area contributed by atoms with Crippen LogP contribution in [-0.2, 0) is 16.0 Å². The van der Waals surface area contributed by atoms with Crippen LogP contribution in [0.25, 0.3) is 0 Å². The summed E-state index contributed by atoms with van der Waals surface area (Å²) in [5.74, 6) is 0.433. The summed E-state index contributed by atoms with van der Waals surface area (Å²) in [7, 11) is 0. The topological polar surface area (TPSA) is 26.3 Å². The van der Waals surface area contributed by atoms with E-state index in [0.29, 0.717) is 12.5 Å². The third kappa shape index (κ3) is 0.857. The third-order valence-corrected chi connectivity index (χ3v) is 3.09. The van der Waals surface area contributed by atoms with E-state index in [4.69, 9.17) is 4.74 Å². The van der Waals surface area contributed by atoms with Crippen LogP contribution >= 0.6 is 0 Å². The third-order valence-electron chi connectivity index (χ3n) is 3.09. The van der Waals surface area contributed by atoms with Crippen molar-refractivity contribution in [1.82, 2.24) is 0 Å². The lowest BCUT2D eigenvalue weighted by Crippen LogP contribution is -2.09. The maximum atomic E-state index is 11.3. The summed E-state index contributed by atoms with van der Waals surface area (Å²) in [6.07, 6.45) is 0.875. The maximum absolute atomic E-state index is 11.3. The Morgan fingerprint density at radius 3 is 3.00 bits per heavy atom. The highest BCUT2D eigenvalue weighted by Crippen LogP contribution is 2.42. The van der Waals surface area contributed by atoms with Gasteiger partial charge in [-0.05, 0) is 17.5 Å². The lowest BCUT2D eigenvalue weighted by molar-refractivity contribution is -0.141. The molecule has 0 saturated carbocycles. The fraction of sp³-hybridized carbons (Fsp3) is 0.364. The fourth-order valence-electron chi connectivity index (χ4n) is 2.41. The van der Waals surface area contributed by atoms with Crippen molar-refractivity contribution in [2.75, 3.05) is 6.61 Å². The van der Waals surface area contributed by atoms with Gasteiger partial charge in [-0.15, -0.1) is 0 Å². The lowest BCUT2D eigenvalue weighted by atomic mass is 9.96. The number of hydrogen-bond acceptors (Lipinski definition) is 2. The minimum Gasteiger partial charge on any atom is -0.465 e. The first-order valence-corrected chi connectivity index (χ1v) is 4.61. The molecular weight excluding hydrogens is 164 g/mol. The van der Waals surface area contributed by atoms with Crippen LogP contribution in [0.5, 0.6) is 0 Å². The highest BCUT2D eigenvalue weighted by atomic mass is 16.5. The van der Waals surface area contributed by atoms with Gasteiger partial charge in [-0.2, -0.15) is 0 Å². The summed E-state index contributed by atoms with van der Waals surface area (Å²) >= 11 is 0. The molecule has 0 unspecified atom stereocenters. The largest absolute Gasteiger partial charge is 0.465 e. The van der Waals surface area contributed by atoms with E-state index in [2.05, 4.69) is 12.1 Å². The first-order chi connectivity index (χ1) is 6.36. The van der Waals surface area contributed by atoms with Crippen molar-refractivity contribution < 1.29 is 9.53 Å². The van der Waals surface area contributed by atoms with E-state index >= 15 is 0 Å². The quantitative estimate of drug-likeness (QED) is 0.557. The summed E-state index contributed by atoms with van der Waals surface area (Å²) in [4.78, 5) is 11.3. The zero-order chi connectivity index (χ0) is 8.84. The number of esters is 1. The lowest BCUT2D eigenvalue weighted by Gasteiger charge is -2.03. The van der Waals surface area contributed by atoms with Crippen molar-refractivity contribution >= 4 is 5.97 Å². The van der Waals surface area contributed by atoms with Crippen molar-refractivity contribution in [2.45, 2.75) is 12.3 Å². The first kappa shape index (κ1) is 7.13. The van der Waals surface area contributed by atoms with E-state index in [9.17, 15) is 4.79 Å². The van der Waals surface area contributed by atoms with Crippen LogP contribution in [0.1, 0.15) is 17.0 Å². The summed E-state index contributed by atoms with van der Waals surface area (Å²) in [6, 6.07) is 8.29. The van der Waals surface area contributed by atoms with E-state index in [-0.39, 0.29) is 11.9 Å². The van der Waals surface area contributed by atoms with Crippen LogP contribution < -0.4 is 0 Å². The van der Waals surface area contributed by atoms with Crippen molar-refractivity contribution in [2.24, 2.45) is 5.92 Å². The Bertz CT molecular complexity index is 370. The van der Waals surface area contributed by atoms with Gasteiger partial charge in [0.2, 0.25) is 0 Å². The highest BCUT2D eigenvalue weighted by molar-refractivity contribution is 5.78. The van der Waals surface area contributed by atoms with Gasteiger partial charge in [0.05, 0.1) is 12.5 Å². The molecule has 0 spiro atoms. The number of ether oxygens (including phenoxy) is 1. The SMILES string of the molecule is O=C1OC[C@@H]2c3ccccc3C[C@H]12. The summed E-state index contributed by atoms with van der Waals surface area (Å²) < 4.78 is 5.04. The molecule has 2 atom stereocenters. The molecule has 0 amide bonds. The molecule has 66 valence electrons. The summed E-state index contributed by atoms with van der Waals surface area (Å²) in [5.41, 5.74) is 2.65. The fourth-order valence-corrected chi connectivity index (χ4v) is 2.41. The van der Waals surface area contributed by atoms with Gasteiger partial charge >= 0.3 is 5.97 Å². The summed E-state index contributed by atoms with van der Waals surface area (Å²) in [5, 5.41) is 0. The molecular formula is C11H10O2. The molecule has 1 fully saturated rings. The molecule has 13 heavy (non-hydrogen) atoms. The van der Waals surface area contributed by atoms with Crippen LogP contribution in [0.15, 0.2) is 24.3 Å². The second kappa shape index (κ2) is 2.34. The Balaban J connectivity index is 2.09. The first-order valence-electron chi connectivity index (χ1n) is 4.61. The van der Waals surface area contributed by atoms with Crippen molar-refractivity contribution in [1.29, 1.82) is 0 Å². The number of fused-ring (bicyclic) bond motifs is 3. The van der Waals surface area contributed by atoms with Gasteiger partial charge in [0.15, 0.2) is 0 Å². The van der Waals surface area contributed by atoms with E-state index in [1.807, 2.05) is 12.1 Å². The van der Waals surface area contributed by atoms with E-state index in [1.165, 1.54) is 11.1 Å². The molecule has 0 N–H and O–H groups in total. The molecule has 2 heteroatoms. The van der Waals surface area contributed by atoms with Gasteiger partial charge in [0, 0.05) is 5.92 Å². The zero-order valence-corrected chi connectivity index (χ0v) is 7.19. The van der Waals surface area contributed by atoms with E-state index in [1.54, 1.807) is 0 Å². The van der Waals surface area contributed by atoms with Gasteiger partial charge < -0.3 is 4.74 Å². The molecule has 1 aromatic rings. The minimum absolute atomic E-state index is 0.0128. The van der Waals surface area contributed by atoms with Crippen molar-refractivity contribution in [3.8, 4) is 0 Å². The van der Waals surface area contributed by atoms with Crippen LogP contribution in [0.4, 0.5) is 0 Å². The molecule has 3 rings (SSSR count). The molecule has 1 aromatic carbocycles. The molecule has 0 aromatic heterocycles. The predicted octanol–water partition coefficient (Wildman–Crippen LogP) is 1.50. The molecule has 2 nitrogen and oxygen atoms in total. The average Bonchev–Trinajstić information content (AvgIpc) is 2.67. The zero-order valence-electron chi connectivity index (χ0n) is 7.19. The molecule has 1 saturated heterocycles. The Labute approximate surface area is 76.5 Å². The van der Waals surface area contributed by atoms with Gasteiger partial charge in [0.1, 0.15) is 0 Å². The van der Waals surface area contributed by atoms with Crippen LogP contribution in [-0.4, -0.2) is 12.6 Å². The molecule has 1 aliphatic heterocycles. The highest BCUT2D eigenvalue weighted by Gasteiger charge is 2.43. The smallest absolute Gasteiger partial charge is 0.310 e. The number of cyclic esters (lactones) is 1. The predicted molar refractivity (Wildman–Crippen MR) is 47.3 cm³/mol. The van der Waals surface area contributed by atoms with Gasteiger partial charge in [0.25, 0.3) is 0 Å². The van der Waals surface area contributed by atoms with Gasteiger partial charge in [-0.3, -0.25) is 4.79 Å². The van der Waals surface area contributed by atoms with Crippen LogP contribution in [0.3, 0.4) is 0 Å². The minimum atomic E-state index is -0.0128. The molecule has 0 radical (unpaired) electrons. The summed E-state index contributed by atoms with van der Waals surface area (Å²) in [6.45, 7) is 0.584. The molecule has 2 aliphatic rings. The average molecular weight is 174 g/mol. The molecule has 1 heterocycles. The molecule has 0 bridgehead atoms. The van der Waals surface area contributed by atoms with Crippen LogP contribution in [0, 0.1) is 5.92 Å². The Morgan fingerprint density at radius 2 is 2.08 bits per heavy atom. The number of carbonyl (C=O) groups excluding carboxylic acids is 1. The monoisotopic (exact) mass is 174 g/mol. The standard InChI is InChI=1S/C11H10O2/c12-11-9-5-7-3-1-2-4-8(7)10(9)6-13-11/h1-4,9-10H,5-6H2/t9-,10+/m0/s1. The Kier molecular flexibility index (Phi) is 1.29. The number of rotatable bonds is 0. The van der Waals surface area contributed by atoms with Crippen LogP contribution in [0.2, 0.25) is 0 Å². The second-order valence-electron chi connectivity index (χ2n) is 3.75. The van der Waals surface area contributed by atoms with E-state index in [0.717, 1.165) is 6.42 Å². The van der Waals surface area contributed by atoms with Crippen molar-refractivity contribution in [3.05, 3.63) is 35.4 Å². The van der Waals surface area contributed by atoms with Gasteiger partial charge in [-0.1, -0.05) is 24.3 Å². The Hall–Kier alpha value is -1.31. The van der Waals surface area contributed by atoms with Gasteiger partial charge in [-0.25, -0.2) is 0 Å².